The average molecular weight is 429 g/mol. The van der Waals surface area contributed by atoms with Crippen LogP contribution < -0.4 is 4.90 Å². The second-order valence-electron chi connectivity index (χ2n) is 6.60. The second-order valence-corrected chi connectivity index (χ2v) is 7.52. The SMILES string of the molecule is Cc1ccc(C(=O)N2CCN(c3ncnc4ccc(Br)cc34)CC2)cc1F. The van der Waals surface area contributed by atoms with Crippen LogP contribution in [0.1, 0.15) is 15.9 Å². The number of carbonyl (C=O) groups is 1. The standard InChI is InChI=1S/C20H18BrFN4O/c1-13-2-3-14(10-17(13)22)20(27)26-8-6-25(7-9-26)19-16-11-15(21)4-5-18(16)23-12-24-19/h2-5,10-12H,6-9H2,1H3. The Morgan fingerprint density at radius 1 is 1.07 bits per heavy atom. The topological polar surface area (TPSA) is 49.3 Å². The zero-order chi connectivity index (χ0) is 19.0. The molecule has 2 aromatic carbocycles. The van der Waals surface area contributed by atoms with E-state index in [1.54, 1.807) is 30.3 Å². The zero-order valence-electron chi connectivity index (χ0n) is 14.8. The first-order valence-corrected chi connectivity index (χ1v) is 9.53. The first-order chi connectivity index (χ1) is 13.0. The molecule has 0 bridgehead atoms. The summed E-state index contributed by atoms with van der Waals surface area (Å²) in [5.74, 6) is 0.385. The van der Waals surface area contributed by atoms with Crippen LogP contribution in [0.2, 0.25) is 0 Å². The van der Waals surface area contributed by atoms with Gasteiger partial charge >= 0.3 is 0 Å². The van der Waals surface area contributed by atoms with Gasteiger partial charge in [0, 0.05) is 41.6 Å². The van der Waals surface area contributed by atoms with Crippen LogP contribution in [0.25, 0.3) is 10.9 Å². The van der Waals surface area contributed by atoms with Gasteiger partial charge in [-0.1, -0.05) is 22.0 Å². The molecule has 1 amide bonds. The van der Waals surface area contributed by atoms with Crippen LogP contribution in [0.3, 0.4) is 0 Å². The maximum atomic E-state index is 13.8. The molecule has 5 nitrogen and oxygen atoms in total. The number of benzene rings is 2. The first kappa shape index (κ1) is 17.9. The fourth-order valence-corrected chi connectivity index (χ4v) is 3.66. The summed E-state index contributed by atoms with van der Waals surface area (Å²) in [5.41, 5.74) is 1.82. The molecule has 0 aliphatic carbocycles. The van der Waals surface area contributed by atoms with Gasteiger partial charge in [-0.3, -0.25) is 4.79 Å². The maximum Gasteiger partial charge on any atom is 0.254 e. The summed E-state index contributed by atoms with van der Waals surface area (Å²) in [6.45, 7) is 4.14. The summed E-state index contributed by atoms with van der Waals surface area (Å²) in [5, 5.41) is 0.979. The van der Waals surface area contributed by atoms with Crippen molar-refractivity contribution >= 4 is 38.6 Å². The highest BCUT2D eigenvalue weighted by Crippen LogP contribution is 2.27. The van der Waals surface area contributed by atoms with E-state index < -0.39 is 0 Å². The molecule has 1 saturated heterocycles. The van der Waals surface area contributed by atoms with E-state index in [1.807, 2.05) is 18.2 Å². The van der Waals surface area contributed by atoms with Crippen LogP contribution in [0.5, 0.6) is 0 Å². The Morgan fingerprint density at radius 3 is 2.59 bits per heavy atom. The van der Waals surface area contributed by atoms with Crippen molar-refractivity contribution in [3.05, 3.63) is 64.1 Å². The largest absolute Gasteiger partial charge is 0.352 e. The molecule has 0 N–H and O–H groups in total. The monoisotopic (exact) mass is 428 g/mol. The highest BCUT2D eigenvalue weighted by Gasteiger charge is 2.24. The van der Waals surface area contributed by atoms with E-state index in [0.29, 0.717) is 37.3 Å². The third-order valence-corrected chi connectivity index (χ3v) is 5.35. The van der Waals surface area contributed by atoms with Crippen LogP contribution >= 0.6 is 15.9 Å². The number of carbonyl (C=O) groups excluding carboxylic acids is 1. The minimum atomic E-state index is -0.350. The van der Waals surface area contributed by atoms with Crippen LogP contribution in [-0.2, 0) is 0 Å². The lowest BCUT2D eigenvalue weighted by Crippen LogP contribution is -2.49. The van der Waals surface area contributed by atoms with Gasteiger partial charge in [0.1, 0.15) is 18.0 Å². The van der Waals surface area contributed by atoms with E-state index in [9.17, 15) is 9.18 Å². The summed E-state index contributed by atoms with van der Waals surface area (Å²) in [7, 11) is 0. The lowest BCUT2D eigenvalue weighted by atomic mass is 10.1. The molecule has 1 aromatic heterocycles. The molecule has 0 spiro atoms. The van der Waals surface area contributed by atoms with Gasteiger partial charge in [-0.25, -0.2) is 14.4 Å². The molecule has 138 valence electrons. The van der Waals surface area contributed by atoms with Gasteiger partial charge in [0.05, 0.1) is 5.52 Å². The quantitative estimate of drug-likeness (QED) is 0.622. The van der Waals surface area contributed by atoms with Crippen molar-refractivity contribution < 1.29 is 9.18 Å². The molecular formula is C20H18BrFN4O. The van der Waals surface area contributed by atoms with Crippen molar-refractivity contribution in [1.82, 2.24) is 14.9 Å². The molecule has 27 heavy (non-hydrogen) atoms. The van der Waals surface area contributed by atoms with E-state index in [0.717, 1.165) is 21.2 Å². The van der Waals surface area contributed by atoms with E-state index >= 15 is 0 Å². The number of hydrogen-bond acceptors (Lipinski definition) is 4. The molecule has 0 atom stereocenters. The normalized spacial score (nSPS) is 14.6. The summed E-state index contributed by atoms with van der Waals surface area (Å²) < 4.78 is 14.7. The smallest absolute Gasteiger partial charge is 0.254 e. The Balaban J connectivity index is 1.51. The fourth-order valence-electron chi connectivity index (χ4n) is 3.30. The summed E-state index contributed by atoms with van der Waals surface area (Å²) in [6, 6.07) is 10.6. The van der Waals surface area contributed by atoms with Gasteiger partial charge in [-0.15, -0.1) is 0 Å². The second kappa shape index (κ2) is 7.23. The van der Waals surface area contributed by atoms with Gasteiger partial charge in [0.2, 0.25) is 0 Å². The van der Waals surface area contributed by atoms with Gasteiger partial charge in [-0.05, 0) is 42.8 Å². The maximum absolute atomic E-state index is 13.8. The third kappa shape index (κ3) is 3.51. The Bertz CT molecular complexity index is 1020. The number of anilines is 1. The lowest BCUT2D eigenvalue weighted by molar-refractivity contribution is 0.0746. The molecule has 7 heteroatoms. The van der Waals surface area contributed by atoms with Crippen LogP contribution in [-0.4, -0.2) is 47.0 Å². The fraction of sp³-hybridized carbons (Fsp3) is 0.250. The molecule has 1 aliphatic rings. The summed E-state index contributed by atoms with van der Waals surface area (Å²) in [6.07, 6.45) is 1.57. The van der Waals surface area contributed by atoms with Crippen molar-refractivity contribution in [1.29, 1.82) is 0 Å². The molecule has 1 fully saturated rings. The van der Waals surface area contributed by atoms with E-state index in [4.69, 9.17) is 0 Å². The van der Waals surface area contributed by atoms with Gasteiger partial charge in [0.25, 0.3) is 5.91 Å². The van der Waals surface area contributed by atoms with Crippen molar-refractivity contribution in [3.63, 3.8) is 0 Å². The predicted octanol–water partition coefficient (Wildman–Crippen LogP) is 3.80. The lowest BCUT2D eigenvalue weighted by Gasteiger charge is -2.35. The summed E-state index contributed by atoms with van der Waals surface area (Å²) in [4.78, 5) is 25.4. The van der Waals surface area contributed by atoms with Crippen molar-refractivity contribution in [2.45, 2.75) is 6.92 Å². The Morgan fingerprint density at radius 2 is 1.85 bits per heavy atom. The number of halogens is 2. The molecule has 2 heterocycles. The van der Waals surface area contributed by atoms with Crippen molar-refractivity contribution in [3.8, 4) is 0 Å². The molecule has 4 rings (SSSR count). The summed E-state index contributed by atoms with van der Waals surface area (Å²) >= 11 is 3.50. The number of fused-ring (bicyclic) bond motifs is 1. The number of nitrogens with zero attached hydrogens (tertiary/aromatic N) is 4. The van der Waals surface area contributed by atoms with E-state index in [1.165, 1.54) is 6.07 Å². The zero-order valence-corrected chi connectivity index (χ0v) is 16.4. The minimum Gasteiger partial charge on any atom is -0.352 e. The van der Waals surface area contributed by atoms with Crippen molar-refractivity contribution in [2.75, 3.05) is 31.1 Å². The van der Waals surface area contributed by atoms with E-state index in [2.05, 4.69) is 30.8 Å². The van der Waals surface area contributed by atoms with Gasteiger partial charge in [-0.2, -0.15) is 0 Å². The van der Waals surface area contributed by atoms with Crippen molar-refractivity contribution in [2.24, 2.45) is 0 Å². The average Bonchev–Trinajstić information content (AvgIpc) is 2.69. The Hall–Kier alpha value is -2.54. The van der Waals surface area contributed by atoms with Crippen LogP contribution in [0.4, 0.5) is 10.2 Å². The van der Waals surface area contributed by atoms with Gasteiger partial charge < -0.3 is 9.80 Å². The molecule has 0 unspecified atom stereocenters. The minimum absolute atomic E-state index is 0.135. The third-order valence-electron chi connectivity index (χ3n) is 4.86. The van der Waals surface area contributed by atoms with Crippen LogP contribution in [0.15, 0.2) is 47.2 Å². The molecule has 0 saturated carbocycles. The number of aryl methyl sites for hydroxylation is 1. The highest BCUT2D eigenvalue weighted by atomic mass is 79.9. The molecular weight excluding hydrogens is 411 g/mol. The number of piperazine rings is 1. The van der Waals surface area contributed by atoms with Crippen LogP contribution in [0, 0.1) is 12.7 Å². The number of hydrogen-bond donors (Lipinski definition) is 0. The molecule has 1 aliphatic heterocycles. The number of rotatable bonds is 2. The number of amides is 1. The Labute approximate surface area is 165 Å². The van der Waals surface area contributed by atoms with E-state index in [-0.39, 0.29) is 11.7 Å². The predicted molar refractivity (Wildman–Crippen MR) is 106 cm³/mol. The van der Waals surface area contributed by atoms with Gasteiger partial charge in [0.15, 0.2) is 0 Å². The first-order valence-electron chi connectivity index (χ1n) is 8.73. The molecule has 0 radical (unpaired) electrons. The number of aromatic nitrogens is 2. The Kier molecular flexibility index (Phi) is 4.78. The highest BCUT2D eigenvalue weighted by molar-refractivity contribution is 9.10. The molecule has 3 aromatic rings.